The molecule has 0 aromatic carbocycles. The van der Waals surface area contributed by atoms with Crippen LogP contribution in [-0.2, 0) is 4.79 Å². The van der Waals surface area contributed by atoms with Crippen LogP contribution in [-0.4, -0.2) is 12.5 Å². The standard InChI is InChI=1S/C8H13NO/c1-3-5-6-7-9-8(10)4-2/h1H,4-7H2,2H3,(H,9,10). The molecule has 1 amide bonds. The molecule has 0 rings (SSSR count). The van der Waals surface area contributed by atoms with Crippen LogP contribution in [0.15, 0.2) is 0 Å². The first kappa shape index (κ1) is 9.03. The van der Waals surface area contributed by atoms with Crippen molar-refractivity contribution in [3.05, 3.63) is 0 Å². The first-order valence-electron chi connectivity index (χ1n) is 3.51. The summed E-state index contributed by atoms with van der Waals surface area (Å²) >= 11 is 0. The predicted molar refractivity (Wildman–Crippen MR) is 41.4 cm³/mol. The van der Waals surface area contributed by atoms with Crippen LogP contribution < -0.4 is 5.32 Å². The van der Waals surface area contributed by atoms with Gasteiger partial charge in [-0.3, -0.25) is 4.79 Å². The minimum atomic E-state index is 0.0945. The zero-order chi connectivity index (χ0) is 7.82. The van der Waals surface area contributed by atoms with Gasteiger partial charge in [0.2, 0.25) is 5.91 Å². The highest BCUT2D eigenvalue weighted by atomic mass is 16.1. The molecule has 2 nitrogen and oxygen atoms in total. The van der Waals surface area contributed by atoms with Crippen LogP contribution in [0.3, 0.4) is 0 Å². The van der Waals surface area contributed by atoms with E-state index in [2.05, 4.69) is 11.2 Å². The zero-order valence-electron chi connectivity index (χ0n) is 6.31. The van der Waals surface area contributed by atoms with Crippen LogP contribution in [0, 0.1) is 12.3 Å². The Morgan fingerprint density at radius 1 is 1.70 bits per heavy atom. The number of hydrogen-bond acceptors (Lipinski definition) is 1. The Balaban J connectivity index is 3.05. The maximum Gasteiger partial charge on any atom is 0.219 e. The fourth-order valence-electron chi connectivity index (χ4n) is 0.543. The normalized spacial score (nSPS) is 8.40. The minimum absolute atomic E-state index is 0.0945. The molecular weight excluding hydrogens is 126 g/mol. The number of carbonyl (C=O) groups excluding carboxylic acids is 1. The summed E-state index contributed by atoms with van der Waals surface area (Å²) in [6.45, 7) is 2.54. The second kappa shape index (κ2) is 6.15. The van der Waals surface area contributed by atoms with Crippen LogP contribution in [0.2, 0.25) is 0 Å². The molecule has 2 heteroatoms. The van der Waals surface area contributed by atoms with Crippen molar-refractivity contribution >= 4 is 5.91 Å². The first-order valence-corrected chi connectivity index (χ1v) is 3.51. The van der Waals surface area contributed by atoms with Gasteiger partial charge in [0, 0.05) is 19.4 Å². The van der Waals surface area contributed by atoms with Gasteiger partial charge in [-0.2, -0.15) is 0 Å². The van der Waals surface area contributed by atoms with Gasteiger partial charge in [-0.05, 0) is 6.42 Å². The van der Waals surface area contributed by atoms with Crippen LogP contribution in [0.1, 0.15) is 26.2 Å². The Morgan fingerprint density at radius 3 is 2.90 bits per heavy atom. The number of amides is 1. The van der Waals surface area contributed by atoms with Gasteiger partial charge in [0.15, 0.2) is 0 Å². The zero-order valence-corrected chi connectivity index (χ0v) is 6.31. The molecule has 0 aromatic heterocycles. The number of nitrogens with one attached hydrogen (secondary N) is 1. The SMILES string of the molecule is C#CCCCNC(=O)CC. The smallest absolute Gasteiger partial charge is 0.219 e. The van der Waals surface area contributed by atoms with E-state index in [-0.39, 0.29) is 5.91 Å². The molecule has 0 spiro atoms. The average molecular weight is 139 g/mol. The van der Waals surface area contributed by atoms with Crippen molar-refractivity contribution in [2.75, 3.05) is 6.54 Å². The molecule has 0 fully saturated rings. The topological polar surface area (TPSA) is 29.1 Å². The van der Waals surface area contributed by atoms with Crippen LogP contribution >= 0.6 is 0 Å². The maximum absolute atomic E-state index is 10.6. The Labute approximate surface area is 62.0 Å². The number of hydrogen-bond donors (Lipinski definition) is 1. The van der Waals surface area contributed by atoms with Gasteiger partial charge >= 0.3 is 0 Å². The molecule has 0 saturated heterocycles. The summed E-state index contributed by atoms with van der Waals surface area (Å²) in [6.07, 6.45) is 7.18. The quantitative estimate of drug-likeness (QED) is 0.455. The van der Waals surface area contributed by atoms with Crippen molar-refractivity contribution in [3.63, 3.8) is 0 Å². The molecule has 0 aliphatic carbocycles. The van der Waals surface area contributed by atoms with Gasteiger partial charge in [0.1, 0.15) is 0 Å². The summed E-state index contributed by atoms with van der Waals surface area (Å²) in [5.41, 5.74) is 0. The van der Waals surface area contributed by atoms with Gasteiger partial charge in [0.25, 0.3) is 0 Å². The maximum atomic E-state index is 10.6. The lowest BCUT2D eigenvalue weighted by Crippen LogP contribution is -2.22. The Hall–Kier alpha value is -0.970. The summed E-state index contributed by atoms with van der Waals surface area (Å²) in [6, 6.07) is 0. The summed E-state index contributed by atoms with van der Waals surface area (Å²) in [5.74, 6) is 2.60. The first-order chi connectivity index (χ1) is 4.81. The van der Waals surface area contributed by atoms with Gasteiger partial charge in [0.05, 0.1) is 0 Å². The summed E-state index contributed by atoms with van der Waals surface area (Å²) in [7, 11) is 0. The molecule has 10 heavy (non-hydrogen) atoms. The highest BCUT2D eigenvalue weighted by Crippen LogP contribution is 1.83. The fraction of sp³-hybridized carbons (Fsp3) is 0.625. The van der Waals surface area contributed by atoms with Crippen molar-refractivity contribution in [2.24, 2.45) is 0 Å². The molecule has 0 aliphatic heterocycles. The van der Waals surface area contributed by atoms with Crippen molar-refractivity contribution < 1.29 is 4.79 Å². The monoisotopic (exact) mass is 139 g/mol. The lowest BCUT2D eigenvalue weighted by Gasteiger charge is -1.99. The number of rotatable bonds is 4. The summed E-state index contributed by atoms with van der Waals surface area (Å²) in [4.78, 5) is 10.6. The number of terminal acetylenes is 1. The predicted octanol–water partition coefficient (Wildman–Crippen LogP) is 0.926. The second-order valence-corrected chi connectivity index (χ2v) is 2.01. The van der Waals surface area contributed by atoms with E-state index in [1.165, 1.54) is 0 Å². The molecule has 0 bridgehead atoms. The van der Waals surface area contributed by atoms with Crippen LogP contribution in [0.5, 0.6) is 0 Å². The van der Waals surface area contributed by atoms with Gasteiger partial charge in [-0.1, -0.05) is 6.92 Å². The average Bonchev–Trinajstić information content (AvgIpc) is 1.98. The Morgan fingerprint density at radius 2 is 2.40 bits per heavy atom. The van der Waals surface area contributed by atoms with Gasteiger partial charge in [-0.25, -0.2) is 0 Å². The van der Waals surface area contributed by atoms with Crippen molar-refractivity contribution in [2.45, 2.75) is 26.2 Å². The van der Waals surface area contributed by atoms with E-state index in [0.29, 0.717) is 13.0 Å². The van der Waals surface area contributed by atoms with E-state index in [9.17, 15) is 4.79 Å². The highest BCUT2D eigenvalue weighted by Gasteiger charge is 1.92. The summed E-state index contributed by atoms with van der Waals surface area (Å²) in [5, 5.41) is 2.73. The second-order valence-electron chi connectivity index (χ2n) is 2.01. The van der Waals surface area contributed by atoms with E-state index in [1.54, 1.807) is 0 Å². The third-order valence-corrected chi connectivity index (χ3v) is 1.14. The number of unbranched alkanes of at least 4 members (excludes halogenated alkanes) is 1. The van der Waals surface area contributed by atoms with Gasteiger partial charge in [-0.15, -0.1) is 12.3 Å². The Bertz CT molecular complexity index is 135. The largest absolute Gasteiger partial charge is 0.356 e. The minimum Gasteiger partial charge on any atom is -0.356 e. The molecule has 1 N–H and O–H groups in total. The molecule has 0 unspecified atom stereocenters. The lowest BCUT2D eigenvalue weighted by molar-refractivity contribution is -0.120. The Kier molecular flexibility index (Phi) is 5.56. The molecular formula is C8H13NO. The van der Waals surface area contributed by atoms with E-state index < -0.39 is 0 Å². The molecule has 0 aliphatic rings. The number of carbonyl (C=O) groups is 1. The fourth-order valence-corrected chi connectivity index (χ4v) is 0.543. The molecule has 0 atom stereocenters. The molecule has 56 valence electrons. The van der Waals surface area contributed by atoms with E-state index in [0.717, 1.165) is 12.8 Å². The molecule has 0 aromatic rings. The van der Waals surface area contributed by atoms with E-state index in [4.69, 9.17) is 6.42 Å². The lowest BCUT2D eigenvalue weighted by atomic mass is 10.3. The summed E-state index contributed by atoms with van der Waals surface area (Å²) < 4.78 is 0. The molecule has 0 saturated carbocycles. The van der Waals surface area contributed by atoms with Gasteiger partial charge < -0.3 is 5.32 Å². The van der Waals surface area contributed by atoms with E-state index in [1.807, 2.05) is 6.92 Å². The third kappa shape index (κ3) is 5.17. The van der Waals surface area contributed by atoms with Crippen molar-refractivity contribution in [1.82, 2.24) is 5.32 Å². The molecule has 0 radical (unpaired) electrons. The van der Waals surface area contributed by atoms with Crippen molar-refractivity contribution in [3.8, 4) is 12.3 Å². The van der Waals surface area contributed by atoms with Crippen LogP contribution in [0.4, 0.5) is 0 Å². The third-order valence-electron chi connectivity index (χ3n) is 1.14. The van der Waals surface area contributed by atoms with Crippen molar-refractivity contribution in [1.29, 1.82) is 0 Å². The van der Waals surface area contributed by atoms with Crippen LogP contribution in [0.25, 0.3) is 0 Å². The van der Waals surface area contributed by atoms with E-state index >= 15 is 0 Å². The molecule has 0 heterocycles. The highest BCUT2D eigenvalue weighted by molar-refractivity contribution is 5.75.